The minimum atomic E-state index is -1.09. The second-order valence-electron chi connectivity index (χ2n) is 8.06. The molecule has 2 fully saturated rings. The van der Waals surface area contributed by atoms with Crippen LogP contribution in [0.5, 0.6) is 5.75 Å². The van der Waals surface area contributed by atoms with E-state index in [2.05, 4.69) is 0 Å². The fourth-order valence-electron chi connectivity index (χ4n) is 4.52. The summed E-state index contributed by atoms with van der Waals surface area (Å²) >= 11 is 6.03. The molecule has 5 rings (SSSR count). The largest absolute Gasteiger partial charge is 0.494 e. The van der Waals surface area contributed by atoms with Gasteiger partial charge in [-0.05, 0) is 55.0 Å². The molecule has 10 heteroatoms. The summed E-state index contributed by atoms with van der Waals surface area (Å²) in [6.45, 7) is 2.35. The lowest BCUT2D eigenvalue weighted by molar-refractivity contribution is -0.384. The Morgan fingerprint density at radius 3 is 2.37 bits per heavy atom. The summed E-state index contributed by atoms with van der Waals surface area (Å²) in [7, 11) is 0. The van der Waals surface area contributed by atoms with Crippen LogP contribution in [0, 0.1) is 16.0 Å². The summed E-state index contributed by atoms with van der Waals surface area (Å²) < 4.78 is 5.44. The average Bonchev–Trinajstić information content (AvgIpc) is 3.37. The number of nitro benzene ring substituents is 1. The predicted octanol–water partition coefficient (Wildman–Crippen LogP) is 4.70. The van der Waals surface area contributed by atoms with Gasteiger partial charge in [0.15, 0.2) is 6.10 Å². The third-order valence-electron chi connectivity index (χ3n) is 6.04. The van der Waals surface area contributed by atoms with Crippen molar-refractivity contribution in [2.75, 3.05) is 16.6 Å². The van der Waals surface area contributed by atoms with Gasteiger partial charge in [-0.25, -0.2) is 9.96 Å². The van der Waals surface area contributed by atoms with Crippen molar-refractivity contribution in [2.45, 2.75) is 19.1 Å². The first-order valence-corrected chi connectivity index (χ1v) is 11.3. The molecule has 2 saturated heterocycles. The van der Waals surface area contributed by atoms with E-state index in [1.54, 1.807) is 54.6 Å². The van der Waals surface area contributed by atoms with Gasteiger partial charge in [-0.2, -0.15) is 0 Å². The van der Waals surface area contributed by atoms with Crippen molar-refractivity contribution in [3.05, 3.63) is 93.5 Å². The Morgan fingerprint density at radius 1 is 1.00 bits per heavy atom. The summed E-state index contributed by atoms with van der Waals surface area (Å²) in [5.41, 5.74) is 1.15. The molecule has 0 spiro atoms. The highest BCUT2D eigenvalue weighted by molar-refractivity contribution is 6.32. The number of hydrogen-bond acceptors (Lipinski definition) is 7. The molecular weight excluding hydrogens is 474 g/mol. The fraction of sp³-hybridized carbons (Fsp3) is 0.200. The van der Waals surface area contributed by atoms with Crippen LogP contribution in [0.15, 0.2) is 72.8 Å². The Labute approximate surface area is 205 Å². The summed E-state index contributed by atoms with van der Waals surface area (Å²) in [5, 5.41) is 13.0. The number of ether oxygens (including phenoxy) is 1. The molecular formula is C25H20ClN3O6. The smallest absolute Gasteiger partial charge is 0.288 e. The lowest BCUT2D eigenvalue weighted by atomic mass is 9.90. The van der Waals surface area contributed by atoms with Crippen LogP contribution in [0.1, 0.15) is 18.5 Å². The molecule has 0 bridgehead atoms. The molecule has 3 aromatic rings. The standard InChI is InChI=1S/C25H20ClN3O6/c1-2-34-18-11-9-16(10-12-18)27-24(30)21-22(15-8-13-19(26)20(14-15)29(32)33)28(35-23(21)25(27)31)17-6-4-3-5-7-17/h3-14,21-23H,2H2,1H3/t21-,22-,23+/m0/s1. The molecule has 2 aliphatic rings. The number of nitro groups is 1. The second kappa shape index (κ2) is 9.01. The van der Waals surface area contributed by atoms with Crippen molar-refractivity contribution in [1.29, 1.82) is 0 Å². The fourth-order valence-corrected chi connectivity index (χ4v) is 4.70. The summed E-state index contributed by atoms with van der Waals surface area (Å²) in [4.78, 5) is 45.2. The van der Waals surface area contributed by atoms with Gasteiger partial charge in [0.05, 0.1) is 28.9 Å². The number of rotatable bonds is 6. The van der Waals surface area contributed by atoms with Gasteiger partial charge in [-0.3, -0.25) is 24.5 Å². The zero-order valence-corrected chi connectivity index (χ0v) is 19.3. The number of anilines is 2. The van der Waals surface area contributed by atoms with E-state index < -0.39 is 34.8 Å². The number of carbonyl (C=O) groups is 2. The van der Waals surface area contributed by atoms with Gasteiger partial charge in [0.2, 0.25) is 5.91 Å². The maximum Gasteiger partial charge on any atom is 0.288 e. The van der Waals surface area contributed by atoms with Gasteiger partial charge < -0.3 is 4.74 Å². The van der Waals surface area contributed by atoms with Gasteiger partial charge in [-0.15, -0.1) is 0 Å². The Kier molecular flexibility index (Phi) is 5.88. The number of imide groups is 1. The summed E-state index contributed by atoms with van der Waals surface area (Å²) in [5.74, 6) is -1.26. The first kappa shape index (κ1) is 22.8. The number of nitrogens with zero attached hydrogens (tertiary/aromatic N) is 3. The van der Waals surface area contributed by atoms with Crippen LogP contribution >= 0.6 is 11.6 Å². The quantitative estimate of drug-likeness (QED) is 0.278. The number of hydrogen-bond donors (Lipinski definition) is 0. The Hall–Kier alpha value is -3.95. The lowest BCUT2D eigenvalue weighted by Gasteiger charge is -2.28. The molecule has 0 aromatic heterocycles. The number of carbonyl (C=O) groups excluding carboxylic acids is 2. The maximum absolute atomic E-state index is 13.7. The van der Waals surface area contributed by atoms with Crippen molar-refractivity contribution in [3.63, 3.8) is 0 Å². The van der Waals surface area contributed by atoms with E-state index in [-0.39, 0.29) is 10.7 Å². The Morgan fingerprint density at radius 2 is 1.71 bits per heavy atom. The molecule has 178 valence electrons. The zero-order valence-electron chi connectivity index (χ0n) is 18.5. The lowest BCUT2D eigenvalue weighted by Crippen LogP contribution is -2.37. The second-order valence-corrected chi connectivity index (χ2v) is 8.47. The van der Waals surface area contributed by atoms with Crippen LogP contribution in [-0.4, -0.2) is 29.4 Å². The van der Waals surface area contributed by atoms with Crippen LogP contribution in [0.2, 0.25) is 5.02 Å². The Balaban J connectivity index is 1.57. The minimum Gasteiger partial charge on any atom is -0.494 e. The van der Waals surface area contributed by atoms with Gasteiger partial charge >= 0.3 is 0 Å². The maximum atomic E-state index is 13.7. The van der Waals surface area contributed by atoms with Crippen LogP contribution < -0.4 is 14.7 Å². The number of hydroxylamine groups is 1. The number of halogens is 1. The first-order chi connectivity index (χ1) is 16.9. The van der Waals surface area contributed by atoms with E-state index in [1.807, 2.05) is 13.0 Å². The normalized spacial score (nSPS) is 21.4. The van der Waals surface area contributed by atoms with Gasteiger partial charge in [0.25, 0.3) is 11.6 Å². The molecule has 35 heavy (non-hydrogen) atoms. The molecule has 0 radical (unpaired) electrons. The van der Waals surface area contributed by atoms with E-state index in [1.165, 1.54) is 17.2 Å². The van der Waals surface area contributed by atoms with Gasteiger partial charge in [0, 0.05) is 6.07 Å². The Bertz CT molecular complexity index is 1300. The van der Waals surface area contributed by atoms with E-state index in [4.69, 9.17) is 21.2 Å². The summed E-state index contributed by atoms with van der Waals surface area (Å²) in [6, 6.07) is 19.2. The monoisotopic (exact) mass is 493 g/mol. The molecule has 0 saturated carbocycles. The number of para-hydroxylation sites is 1. The van der Waals surface area contributed by atoms with Crippen LogP contribution in [0.4, 0.5) is 17.1 Å². The molecule has 2 aliphatic heterocycles. The molecule has 2 amide bonds. The number of fused-ring (bicyclic) bond motifs is 1. The molecule has 9 nitrogen and oxygen atoms in total. The summed E-state index contributed by atoms with van der Waals surface area (Å²) in [6.07, 6.45) is -1.09. The third-order valence-corrected chi connectivity index (χ3v) is 6.36. The highest BCUT2D eigenvalue weighted by Crippen LogP contribution is 2.48. The topological polar surface area (TPSA) is 102 Å². The van der Waals surface area contributed by atoms with Crippen molar-refractivity contribution >= 4 is 40.5 Å². The van der Waals surface area contributed by atoms with Gasteiger partial charge in [-0.1, -0.05) is 35.9 Å². The third kappa shape index (κ3) is 3.88. The molecule has 0 unspecified atom stereocenters. The molecule has 2 heterocycles. The first-order valence-electron chi connectivity index (χ1n) is 11.0. The van der Waals surface area contributed by atoms with Crippen LogP contribution in [0.3, 0.4) is 0 Å². The van der Waals surface area contributed by atoms with Crippen molar-refractivity contribution in [3.8, 4) is 5.75 Å². The molecule has 3 aromatic carbocycles. The van der Waals surface area contributed by atoms with Crippen LogP contribution in [-0.2, 0) is 14.4 Å². The average molecular weight is 494 g/mol. The highest BCUT2D eigenvalue weighted by atomic mass is 35.5. The SMILES string of the molecule is CCOc1ccc(N2C(=O)[C@@H]3[C@@H](ON(c4ccccc4)[C@H]3c3ccc(Cl)c([N+](=O)[O-])c3)C2=O)cc1. The van der Waals surface area contributed by atoms with Crippen molar-refractivity contribution in [2.24, 2.45) is 5.92 Å². The van der Waals surface area contributed by atoms with E-state index in [0.717, 1.165) is 4.90 Å². The van der Waals surface area contributed by atoms with Crippen molar-refractivity contribution < 1.29 is 24.1 Å². The van der Waals surface area contributed by atoms with E-state index >= 15 is 0 Å². The van der Waals surface area contributed by atoms with Gasteiger partial charge in [0.1, 0.15) is 16.7 Å². The van der Waals surface area contributed by atoms with E-state index in [9.17, 15) is 19.7 Å². The van der Waals surface area contributed by atoms with Crippen LogP contribution in [0.25, 0.3) is 0 Å². The molecule has 0 N–H and O–H groups in total. The molecule has 0 aliphatic carbocycles. The minimum absolute atomic E-state index is 0.0229. The molecule has 3 atom stereocenters. The zero-order chi connectivity index (χ0) is 24.7. The van der Waals surface area contributed by atoms with Crippen molar-refractivity contribution in [1.82, 2.24) is 0 Å². The number of amides is 2. The van der Waals surface area contributed by atoms with E-state index in [0.29, 0.717) is 29.3 Å². The number of benzene rings is 3. The predicted molar refractivity (Wildman–Crippen MR) is 128 cm³/mol. The highest BCUT2D eigenvalue weighted by Gasteiger charge is 2.60.